The molecule has 0 bridgehead atoms. The Labute approximate surface area is 81.6 Å². The Hall–Kier alpha value is -0.0900. The van der Waals surface area contributed by atoms with Crippen LogP contribution < -0.4 is 5.73 Å². The van der Waals surface area contributed by atoms with Crippen LogP contribution in [0.1, 0.15) is 40.0 Å². The van der Waals surface area contributed by atoms with E-state index in [0.29, 0.717) is 12.8 Å². The summed E-state index contributed by atoms with van der Waals surface area (Å²) in [4.78, 5) is 0. The fourth-order valence-corrected chi connectivity index (χ4v) is 3.47. The number of hydrogen-bond acceptors (Lipinski definition) is 3. The number of nitrogens with two attached hydrogens (primary N) is 1. The summed E-state index contributed by atoms with van der Waals surface area (Å²) in [6.07, 6.45) is 2.10. The molecule has 4 heteroatoms. The van der Waals surface area contributed by atoms with Gasteiger partial charge in [-0.25, -0.2) is 8.42 Å². The fraction of sp³-hybridized carbons (Fsp3) is 1.00. The maximum Gasteiger partial charge on any atom is 0.154 e. The van der Waals surface area contributed by atoms with Crippen molar-refractivity contribution in [2.24, 2.45) is 5.73 Å². The molecule has 0 rings (SSSR count). The zero-order valence-electron chi connectivity index (χ0n) is 8.79. The maximum atomic E-state index is 11.7. The lowest BCUT2D eigenvalue weighted by molar-refractivity contribution is 0.560. The summed E-state index contributed by atoms with van der Waals surface area (Å²) in [5.74, 6) is 0.135. The second-order valence-electron chi connectivity index (χ2n) is 3.44. The summed E-state index contributed by atoms with van der Waals surface area (Å²) < 4.78 is 23.4. The van der Waals surface area contributed by atoms with Gasteiger partial charge in [-0.3, -0.25) is 0 Å². The van der Waals surface area contributed by atoms with E-state index in [1.54, 1.807) is 0 Å². The van der Waals surface area contributed by atoms with E-state index in [1.165, 1.54) is 0 Å². The van der Waals surface area contributed by atoms with Crippen molar-refractivity contribution in [1.82, 2.24) is 0 Å². The van der Waals surface area contributed by atoms with E-state index < -0.39 is 9.84 Å². The molecule has 0 saturated heterocycles. The molecule has 0 spiro atoms. The Kier molecular flexibility index (Phi) is 5.56. The van der Waals surface area contributed by atoms with E-state index in [2.05, 4.69) is 0 Å². The predicted octanol–water partition coefficient (Wildman–Crippen LogP) is 1.33. The van der Waals surface area contributed by atoms with Crippen molar-refractivity contribution in [3.63, 3.8) is 0 Å². The van der Waals surface area contributed by atoms with Crippen molar-refractivity contribution in [1.29, 1.82) is 0 Å². The lowest BCUT2D eigenvalue weighted by Gasteiger charge is -2.16. The van der Waals surface area contributed by atoms with Gasteiger partial charge in [0.1, 0.15) is 0 Å². The van der Waals surface area contributed by atoms with Gasteiger partial charge in [0.15, 0.2) is 9.84 Å². The molecule has 0 aromatic carbocycles. The van der Waals surface area contributed by atoms with Crippen LogP contribution in [0, 0.1) is 0 Å². The third-order valence-electron chi connectivity index (χ3n) is 2.39. The van der Waals surface area contributed by atoms with Crippen LogP contribution in [-0.4, -0.2) is 25.5 Å². The van der Waals surface area contributed by atoms with Gasteiger partial charge in [0.05, 0.1) is 11.0 Å². The van der Waals surface area contributed by atoms with Gasteiger partial charge in [-0.05, 0) is 19.3 Å². The summed E-state index contributed by atoms with van der Waals surface area (Å²) in [6, 6.07) is -0.203. The highest BCUT2D eigenvalue weighted by Gasteiger charge is 2.23. The van der Waals surface area contributed by atoms with Gasteiger partial charge < -0.3 is 5.73 Å². The van der Waals surface area contributed by atoms with Gasteiger partial charge in [0.2, 0.25) is 0 Å². The summed E-state index contributed by atoms with van der Waals surface area (Å²) in [6.45, 7) is 5.72. The predicted molar refractivity (Wildman–Crippen MR) is 56.4 cm³/mol. The topological polar surface area (TPSA) is 60.2 Å². The third-order valence-corrected chi connectivity index (χ3v) is 4.96. The van der Waals surface area contributed by atoms with E-state index in [1.807, 2.05) is 20.8 Å². The molecule has 1 unspecified atom stereocenters. The summed E-state index contributed by atoms with van der Waals surface area (Å²) in [7, 11) is -2.96. The van der Waals surface area contributed by atoms with Crippen LogP contribution in [-0.2, 0) is 9.84 Å². The average Bonchev–Trinajstić information content (AvgIpc) is 2.05. The first kappa shape index (κ1) is 12.9. The Morgan fingerprint density at radius 2 is 1.54 bits per heavy atom. The first-order valence-corrected chi connectivity index (χ1v) is 6.66. The van der Waals surface area contributed by atoms with Gasteiger partial charge in [-0.15, -0.1) is 0 Å². The number of rotatable bonds is 6. The normalized spacial score (nSPS) is 14.8. The van der Waals surface area contributed by atoms with E-state index in [4.69, 9.17) is 5.73 Å². The van der Waals surface area contributed by atoms with Gasteiger partial charge in [-0.2, -0.15) is 0 Å². The van der Waals surface area contributed by atoms with Crippen LogP contribution in [0.5, 0.6) is 0 Å². The van der Waals surface area contributed by atoms with Gasteiger partial charge in [-0.1, -0.05) is 20.8 Å². The van der Waals surface area contributed by atoms with Gasteiger partial charge in [0.25, 0.3) is 0 Å². The van der Waals surface area contributed by atoms with Crippen LogP contribution >= 0.6 is 0 Å². The van der Waals surface area contributed by atoms with Crippen LogP contribution in [0.15, 0.2) is 0 Å². The molecule has 13 heavy (non-hydrogen) atoms. The second kappa shape index (κ2) is 5.60. The minimum Gasteiger partial charge on any atom is -0.327 e. The lowest BCUT2D eigenvalue weighted by Crippen LogP contribution is -2.34. The molecule has 0 aliphatic carbocycles. The SMILES string of the molecule is CCC(N)CS(=O)(=O)C(CC)CC. The van der Waals surface area contributed by atoms with Crippen LogP contribution in [0.25, 0.3) is 0 Å². The fourth-order valence-electron chi connectivity index (χ4n) is 1.35. The molecule has 80 valence electrons. The molecule has 0 aliphatic heterocycles. The molecule has 1 atom stereocenters. The Bertz CT molecular complexity index is 220. The zero-order valence-corrected chi connectivity index (χ0v) is 9.60. The molecule has 0 heterocycles. The van der Waals surface area contributed by atoms with Crippen molar-refractivity contribution in [3.05, 3.63) is 0 Å². The smallest absolute Gasteiger partial charge is 0.154 e. The molecular formula is C9H21NO2S. The van der Waals surface area contributed by atoms with Crippen LogP contribution in [0.2, 0.25) is 0 Å². The Balaban J connectivity index is 4.38. The molecule has 0 amide bonds. The highest BCUT2D eigenvalue weighted by Crippen LogP contribution is 2.12. The average molecular weight is 207 g/mol. The lowest BCUT2D eigenvalue weighted by atomic mass is 10.3. The summed E-state index contributed by atoms with van der Waals surface area (Å²) >= 11 is 0. The second-order valence-corrected chi connectivity index (χ2v) is 5.76. The minimum absolute atomic E-state index is 0.135. The molecule has 0 aromatic heterocycles. The van der Waals surface area contributed by atoms with Crippen molar-refractivity contribution in [2.45, 2.75) is 51.3 Å². The zero-order chi connectivity index (χ0) is 10.5. The van der Waals surface area contributed by atoms with Crippen molar-refractivity contribution < 1.29 is 8.42 Å². The summed E-state index contributed by atoms with van der Waals surface area (Å²) in [5, 5.41) is -0.204. The van der Waals surface area contributed by atoms with E-state index >= 15 is 0 Å². The largest absolute Gasteiger partial charge is 0.327 e. The minimum atomic E-state index is -2.96. The van der Waals surface area contributed by atoms with Gasteiger partial charge >= 0.3 is 0 Å². The highest BCUT2D eigenvalue weighted by molar-refractivity contribution is 7.92. The molecule has 0 aliphatic rings. The molecular weight excluding hydrogens is 186 g/mol. The van der Waals surface area contributed by atoms with Crippen LogP contribution in [0.4, 0.5) is 0 Å². The maximum absolute atomic E-state index is 11.7. The molecule has 3 nitrogen and oxygen atoms in total. The molecule has 0 fully saturated rings. The Morgan fingerprint density at radius 1 is 1.08 bits per heavy atom. The summed E-state index contributed by atoms with van der Waals surface area (Å²) in [5.41, 5.74) is 5.63. The standard InChI is InChI=1S/C9H21NO2S/c1-4-8(10)7-13(11,12)9(5-2)6-3/h8-9H,4-7,10H2,1-3H3. The third kappa shape index (κ3) is 4.09. The quantitative estimate of drug-likeness (QED) is 0.714. The molecule has 2 N–H and O–H groups in total. The van der Waals surface area contributed by atoms with Gasteiger partial charge in [0, 0.05) is 6.04 Å². The first-order valence-electron chi connectivity index (χ1n) is 4.95. The van der Waals surface area contributed by atoms with E-state index in [-0.39, 0.29) is 17.0 Å². The molecule has 0 aromatic rings. The first-order chi connectivity index (χ1) is 5.97. The van der Waals surface area contributed by atoms with Crippen molar-refractivity contribution in [2.75, 3.05) is 5.75 Å². The van der Waals surface area contributed by atoms with E-state index in [0.717, 1.165) is 6.42 Å². The molecule has 0 radical (unpaired) electrons. The van der Waals surface area contributed by atoms with Crippen LogP contribution in [0.3, 0.4) is 0 Å². The Morgan fingerprint density at radius 3 is 1.85 bits per heavy atom. The number of hydrogen-bond donors (Lipinski definition) is 1. The molecule has 0 saturated carbocycles. The van der Waals surface area contributed by atoms with Crippen molar-refractivity contribution in [3.8, 4) is 0 Å². The van der Waals surface area contributed by atoms with Crippen molar-refractivity contribution >= 4 is 9.84 Å². The van der Waals surface area contributed by atoms with E-state index in [9.17, 15) is 8.42 Å². The highest BCUT2D eigenvalue weighted by atomic mass is 32.2. The monoisotopic (exact) mass is 207 g/mol. The number of sulfone groups is 1.